The summed E-state index contributed by atoms with van der Waals surface area (Å²) in [5, 5.41) is 2.04. The van der Waals surface area contributed by atoms with Crippen molar-refractivity contribution in [2.24, 2.45) is 0 Å². The molecule has 104 valence electrons. The molecule has 3 rings (SSSR count). The number of Topliss-reactive ketones (excluding diaryl/α,β-unsaturated/α-hetero) is 1. The Hall–Kier alpha value is -2.27. The third-order valence-electron chi connectivity index (χ3n) is 3.41. The third-order valence-corrected chi connectivity index (χ3v) is 3.94. The van der Waals surface area contributed by atoms with Crippen molar-refractivity contribution in [2.75, 3.05) is 0 Å². The summed E-state index contributed by atoms with van der Waals surface area (Å²) in [6.45, 7) is 0. The van der Waals surface area contributed by atoms with Crippen molar-refractivity contribution in [3.05, 3.63) is 58.6 Å². The minimum absolute atomic E-state index is 0.532. The Morgan fingerprint density at radius 2 is 1.33 bits per heavy atom. The van der Waals surface area contributed by atoms with Gasteiger partial charge >= 0.3 is 0 Å². The highest BCUT2D eigenvalue weighted by Gasteiger charge is 2.41. The number of rotatable bonds is 2. The van der Waals surface area contributed by atoms with E-state index in [0.29, 0.717) is 5.56 Å². The maximum Gasteiger partial charge on any atom is 0.295 e. The quantitative estimate of drug-likeness (QED) is 0.517. The second-order valence-electron chi connectivity index (χ2n) is 4.74. The van der Waals surface area contributed by atoms with Crippen molar-refractivity contribution in [2.45, 2.75) is 5.92 Å². The molecule has 1 saturated heterocycles. The molecule has 0 radical (unpaired) electrons. The maximum absolute atomic E-state index is 11.7. The van der Waals surface area contributed by atoms with Gasteiger partial charge in [0.2, 0.25) is 11.7 Å². The number of benzene rings is 2. The van der Waals surface area contributed by atoms with Gasteiger partial charge in [0, 0.05) is 4.47 Å². The van der Waals surface area contributed by atoms with Crippen LogP contribution in [-0.2, 0) is 14.4 Å². The molecule has 0 aliphatic carbocycles. The van der Waals surface area contributed by atoms with Gasteiger partial charge in [0.1, 0.15) is 5.92 Å². The number of nitrogens with one attached hydrogen (secondary N) is 1. The van der Waals surface area contributed by atoms with Crippen LogP contribution in [0.1, 0.15) is 11.5 Å². The molecule has 2 aromatic rings. The topological polar surface area (TPSA) is 63.2 Å². The predicted molar refractivity (Wildman–Crippen MR) is 80.5 cm³/mol. The van der Waals surface area contributed by atoms with E-state index in [1.165, 1.54) is 0 Å². The van der Waals surface area contributed by atoms with Gasteiger partial charge in [0.25, 0.3) is 5.91 Å². The van der Waals surface area contributed by atoms with Crippen molar-refractivity contribution < 1.29 is 14.4 Å². The molecular weight excluding hydrogens is 334 g/mol. The van der Waals surface area contributed by atoms with Crippen molar-refractivity contribution >= 4 is 33.5 Å². The largest absolute Gasteiger partial charge is 0.295 e. The van der Waals surface area contributed by atoms with E-state index >= 15 is 0 Å². The van der Waals surface area contributed by atoms with Gasteiger partial charge in [-0.15, -0.1) is 0 Å². The summed E-state index contributed by atoms with van der Waals surface area (Å²) in [6, 6.07) is 14.9. The van der Waals surface area contributed by atoms with Gasteiger partial charge in [-0.3, -0.25) is 19.7 Å². The minimum atomic E-state index is -1.02. The van der Waals surface area contributed by atoms with Gasteiger partial charge in [-0.2, -0.15) is 0 Å². The lowest BCUT2D eigenvalue weighted by Crippen LogP contribution is -2.22. The summed E-state index contributed by atoms with van der Waals surface area (Å²) in [5.74, 6) is -3.10. The second kappa shape index (κ2) is 5.26. The molecule has 1 heterocycles. The summed E-state index contributed by atoms with van der Waals surface area (Å²) in [7, 11) is 0. The highest BCUT2D eigenvalue weighted by molar-refractivity contribution is 9.10. The van der Waals surface area contributed by atoms with E-state index in [2.05, 4.69) is 15.9 Å². The average molecular weight is 344 g/mol. The normalized spacial score (nSPS) is 18.0. The fraction of sp³-hybridized carbons (Fsp3) is 0.0625. The van der Waals surface area contributed by atoms with Gasteiger partial charge in [-0.25, -0.2) is 0 Å². The molecule has 1 N–H and O–H groups in total. The molecule has 0 bridgehead atoms. The molecule has 1 atom stereocenters. The molecule has 0 spiro atoms. The zero-order chi connectivity index (χ0) is 15.0. The minimum Gasteiger partial charge on any atom is -0.289 e. The van der Waals surface area contributed by atoms with E-state index in [4.69, 9.17) is 0 Å². The van der Waals surface area contributed by atoms with Gasteiger partial charge in [0.05, 0.1) is 0 Å². The number of hydrogen-bond donors (Lipinski definition) is 1. The maximum atomic E-state index is 11.7. The zero-order valence-electron chi connectivity index (χ0n) is 10.8. The second-order valence-corrected chi connectivity index (χ2v) is 5.66. The molecule has 0 aromatic heterocycles. The average Bonchev–Trinajstić information content (AvgIpc) is 2.73. The Labute approximate surface area is 129 Å². The first kappa shape index (κ1) is 13.7. The first-order valence-corrected chi connectivity index (χ1v) is 7.10. The molecule has 2 amide bonds. The Balaban J connectivity index is 1.91. The molecular formula is C16H10BrNO3. The Kier molecular flexibility index (Phi) is 3.43. The van der Waals surface area contributed by atoms with Gasteiger partial charge in [0.15, 0.2) is 0 Å². The summed E-state index contributed by atoms with van der Waals surface area (Å²) in [5.41, 5.74) is 2.54. The molecule has 5 heteroatoms. The lowest BCUT2D eigenvalue weighted by atomic mass is 9.94. The molecule has 21 heavy (non-hydrogen) atoms. The van der Waals surface area contributed by atoms with Crippen molar-refractivity contribution in [1.82, 2.24) is 5.32 Å². The van der Waals surface area contributed by atoms with Crippen molar-refractivity contribution in [3.8, 4) is 11.1 Å². The SMILES string of the molecule is O=C1NC(=O)C(c2ccc(-c3ccc(Br)cc3)cc2)C1=O. The van der Waals surface area contributed by atoms with Crippen LogP contribution in [-0.4, -0.2) is 17.6 Å². The van der Waals surface area contributed by atoms with Crippen LogP contribution in [0.5, 0.6) is 0 Å². The number of carbonyl (C=O) groups excluding carboxylic acids is 3. The van der Waals surface area contributed by atoms with E-state index in [1.54, 1.807) is 12.1 Å². The summed E-state index contributed by atoms with van der Waals surface area (Å²) < 4.78 is 0.995. The lowest BCUT2D eigenvalue weighted by molar-refractivity contribution is -0.135. The number of imide groups is 1. The van der Waals surface area contributed by atoms with Crippen LogP contribution >= 0.6 is 15.9 Å². The van der Waals surface area contributed by atoms with E-state index in [0.717, 1.165) is 15.6 Å². The zero-order valence-corrected chi connectivity index (χ0v) is 12.4. The van der Waals surface area contributed by atoms with E-state index in [9.17, 15) is 14.4 Å². The number of amides is 2. The van der Waals surface area contributed by atoms with Crippen molar-refractivity contribution in [3.63, 3.8) is 0 Å². The van der Waals surface area contributed by atoms with Crippen LogP contribution in [0.2, 0.25) is 0 Å². The van der Waals surface area contributed by atoms with Crippen LogP contribution < -0.4 is 5.32 Å². The fourth-order valence-electron chi connectivity index (χ4n) is 2.31. The van der Waals surface area contributed by atoms with E-state index in [-0.39, 0.29) is 0 Å². The summed E-state index contributed by atoms with van der Waals surface area (Å²) in [6.07, 6.45) is 0. The first-order chi connectivity index (χ1) is 10.1. The van der Waals surface area contributed by atoms with Gasteiger partial charge in [-0.1, -0.05) is 52.3 Å². The van der Waals surface area contributed by atoms with E-state index in [1.807, 2.05) is 41.7 Å². The number of hydrogen-bond acceptors (Lipinski definition) is 3. The smallest absolute Gasteiger partial charge is 0.289 e. The highest BCUT2D eigenvalue weighted by atomic mass is 79.9. The monoisotopic (exact) mass is 343 g/mol. The summed E-state index contributed by atoms with van der Waals surface area (Å²) >= 11 is 3.38. The molecule has 1 unspecified atom stereocenters. The van der Waals surface area contributed by atoms with Crippen LogP contribution in [0.3, 0.4) is 0 Å². The van der Waals surface area contributed by atoms with Gasteiger partial charge < -0.3 is 0 Å². The number of ketones is 1. The lowest BCUT2D eigenvalue weighted by Gasteiger charge is -2.07. The Morgan fingerprint density at radius 1 is 0.810 bits per heavy atom. The molecule has 2 aromatic carbocycles. The Bertz CT molecular complexity index is 735. The van der Waals surface area contributed by atoms with Crippen LogP contribution in [0.4, 0.5) is 0 Å². The number of halogens is 1. The molecule has 1 aliphatic heterocycles. The predicted octanol–water partition coefficient (Wildman–Crippen LogP) is 2.43. The highest BCUT2D eigenvalue weighted by Crippen LogP contribution is 2.26. The van der Waals surface area contributed by atoms with E-state index < -0.39 is 23.5 Å². The molecule has 1 aliphatic rings. The molecule has 4 nitrogen and oxygen atoms in total. The fourth-order valence-corrected chi connectivity index (χ4v) is 2.57. The first-order valence-electron chi connectivity index (χ1n) is 6.31. The van der Waals surface area contributed by atoms with Crippen LogP contribution in [0, 0.1) is 0 Å². The van der Waals surface area contributed by atoms with Crippen molar-refractivity contribution in [1.29, 1.82) is 0 Å². The van der Waals surface area contributed by atoms with Crippen LogP contribution in [0.15, 0.2) is 53.0 Å². The Morgan fingerprint density at radius 3 is 1.81 bits per heavy atom. The third kappa shape index (κ3) is 2.52. The molecule has 1 fully saturated rings. The standard InChI is InChI=1S/C16H10BrNO3/c17-12-7-5-10(6-8-12)9-1-3-11(4-2-9)13-14(19)16(21)18-15(13)20/h1-8,13H,(H,18,20,21). The molecule has 0 saturated carbocycles. The summed E-state index contributed by atoms with van der Waals surface area (Å²) in [4.78, 5) is 34.5. The number of carbonyl (C=O) groups is 3. The van der Waals surface area contributed by atoms with Gasteiger partial charge in [-0.05, 0) is 28.8 Å². The van der Waals surface area contributed by atoms with Crippen LogP contribution in [0.25, 0.3) is 11.1 Å².